The molecule has 14 rings (SSSR count). The Morgan fingerprint density at radius 3 is 1.88 bits per heavy atom. The number of hydrogen-bond acceptors (Lipinski definition) is 9. The van der Waals surface area contributed by atoms with E-state index < -0.39 is 6.16 Å². The number of carbonyl (C=O) groups is 3. The van der Waals surface area contributed by atoms with E-state index in [1.54, 1.807) is 29.2 Å². The minimum Gasteiger partial charge on any atom is -0.431 e. The van der Waals surface area contributed by atoms with Crippen LogP contribution in [0.3, 0.4) is 0 Å². The topological polar surface area (TPSA) is 124 Å². The number of piperidine rings is 2. The molecule has 4 heterocycles. The maximum Gasteiger partial charge on any atom is 0.508 e. The second-order valence-corrected chi connectivity index (χ2v) is 29.3. The van der Waals surface area contributed by atoms with Crippen molar-refractivity contribution in [2.45, 2.75) is 233 Å². The zero-order chi connectivity index (χ0) is 58.3. The fourth-order valence-corrected chi connectivity index (χ4v) is 20.6. The summed E-state index contributed by atoms with van der Waals surface area (Å²) in [5.74, 6) is 6.76. The van der Waals surface area contributed by atoms with Crippen molar-refractivity contribution in [2.75, 3.05) is 13.1 Å². The van der Waals surface area contributed by atoms with Crippen molar-refractivity contribution in [3.63, 3.8) is 0 Å². The first kappa shape index (κ1) is 59.0. The van der Waals surface area contributed by atoms with Crippen LogP contribution in [0.1, 0.15) is 194 Å². The van der Waals surface area contributed by atoms with E-state index in [1.165, 1.54) is 56.1 Å². The summed E-state index contributed by atoms with van der Waals surface area (Å²) in [5, 5.41) is 14.1. The van der Waals surface area contributed by atoms with Gasteiger partial charge in [0.25, 0.3) is 0 Å². The molecule has 83 heavy (non-hydrogen) atoms. The van der Waals surface area contributed by atoms with E-state index in [-0.39, 0.29) is 59.3 Å². The van der Waals surface area contributed by atoms with Crippen LogP contribution >= 0.6 is 0 Å². The summed E-state index contributed by atoms with van der Waals surface area (Å²) in [6.07, 6.45) is 23.0. The Labute approximate surface area is 497 Å². The number of Topliss-reactive ketones (excluding diaryl/α,β-unsaturated/α-hetero) is 1. The number of nitrogens with zero attached hydrogens (tertiary/aromatic N) is 1. The largest absolute Gasteiger partial charge is 0.508 e. The Kier molecular flexibility index (Phi) is 16.4. The lowest BCUT2D eigenvalue weighted by Gasteiger charge is -2.49. The first-order valence-corrected chi connectivity index (χ1v) is 33.1. The molecule has 2 spiro atoms. The van der Waals surface area contributed by atoms with Gasteiger partial charge in [-0.05, 0) is 192 Å². The average molecular weight is 1130 g/mol. The summed E-state index contributed by atoms with van der Waals surface area (Å²) in [6, 6.07) is 19.8. The number of ether oxygens (including phenoxy) is 4. The minimum absolute atomic E-state index is 0.0222. The third kappa shape index (κ3) is 10.3. The van der Waals surface area contributed by atoms with E-state index in [1.807, 2.05) is 67.6 Å². The number of likely N-dealkylation sites (tertiary alicyclic amines) is 1. The maximum atomic E-state index is 12.7. The molecule has 1 amide bonds. The second kappa shape index (κ2) is 23.1. The van der Waals surface area contributed by atoms with E-state index >= 15 is 0 Å². The standard InChI is InChI=1S/C37H49NO5.C27H41NO2.C9H10O/c1-22-17-33-34(38(20-22)25(4)39)24(3)37(43-33)16-14-29-30-12-11-27-18-28(42-35(40)41-21-26-9-7-6-8-10-26)13-15-36(27,5)32(30)19-31(29)23(37)2;1-15-11-24-25(28-14-15)17(3)27(30-24)10-8-20-21-6-5-18-12-19(29)7-9-26(18,4)23(21)13-22(20)16(27)2;1-2-9(10)8-6-4-3-5-7-8/h6-11,22,24,28-30,32-34H,12-21H2,1-5H3;5,15,17,19-21,23-25,28-29H,6-14H2,1-4H3;3-7H,2H2,1H3/t22-,24+,28-,29-,30-,32-,33+,34-,36-,37-;15-,17+,19-,20-,21-,23-,24+,25-,26-,27-;/m00./s1. The van der Waals surface area contributed by atoms with Crippen molar-refractivity contribution in [1.29, 1.82) is 0 Å². The number of rotatable bonds is 5. The van der Waals surface area contributed by atoms with Crippen LogP contribution in [-0.2, 0) is 30.3 Å². The Morgan fingerprint density at radius 2 is 1.27 bits per heavy atom. The van der Waals surface area contributed by atoms with Crippen molar-refractivity contribution in [1.82, 2.24) is 10.2 Å². The summed E-state index contributed by atoms with van der Waals surface area (Å²) < 4.78 is 25.4. The van der Waals surface area contributed by atoms with Gasteiger partial charge in [0.15, 0.2) is 5.78 Å². The number of ketones is 1. The molecule has 8 fully saturated rings. The molecule has 4 saturated heterocycles. The van der Waals surface area contributed by atoms with Crippen molar-refractivity contribution in [2.24, 2.45) is 70.0 Å². The lowest BCUT2D eigenvalue weighted by molar-refractivity contribution is -0.137. The number of benzene rings is 2. The molecular formula is C73H100N2O8. The molecule has 0 radical (unpaired) electrons. The summed E-state index contributed by atoms with van der Waals surface area (Å²) in [6.45, 7) is 25.1. The van der Waals surface area contributed by atoms with Crippen molar-refractivity contribution in [3.8, 4) is 0 Å². The Hall–Kier alpha value is -4.35. The summed E-state index contributed by atoms with van der Waals surface area (Å²) >= 11 is 0. The molecule has 8 aliphatic carbocycles. The highest BCUT2D eigenvalue weighted by atomic mass is 16.7. The number of carbonyl (C=O) groups excluding carboxylic acids is 3. The fraction of sp³-hybridized carbons (Fsp3) is 0.685. The SMILES string of the molecule is CC(=O)N1C[C@@H](C)C[C@H]2O[C@]3(CC[C@@H]4C(=C3C)C[C@H]3[C@H]4CC=C4C[C@@H](OC(=O)OCc5ccccc5)CC[C@@]43C)[C@H](C)[C@@H]21.CC1=C2C[C@H]3[C@@H](CC=C4C[C@@H](O)CC[C@@]43C)[C@@H]2CC[C@]12O[C@@H]1C[C@H](C)CN[C@H]1[C@H]2C.CCC(=O)c1ccccc1. The fourth-order valence-electron chi connectivity index (χ4n) is 20.6. The summed E-state index contributed by atoms with van der Waals surface area (Å²) in [7, 11) is 0. The quantitative estimate of drug-likeness (QED) is 0.171. The summed E-state index contributed by atoms with van der Waals surface area (Å²) in [5.41, 5.74) is 11.6. The van der Waals surface area contributed by atoms with Crippen molar-refractivity contribution in [3.05, 3.63) is 117 Å². The zero-order valence-electron chi connectivity index (χ0n) is 52.1. The van der Waals surface area contributed by atoms with Crippen LogP contribution in [0.4, 0.5) is 4.79 Å². The molecule has 12 aliphatic rings. The minimum atomic E-state index is -0.561. The lowest BCUT2D eigenvalue weighted by atomic mass is 9.56. The van der Waals surface area contributed by atoms with Gasteiger partial charge in [0, 0.05) is 49.8 Å². The number of aliphatic hydroxyl groups excluding tert-OH is 1. The highest BCUT2D eigenvalue weighted by Crippen LogP contribution is 2.67. The van der Waals surface area contributed by atoms with E-state index in [2.05, 4.69) is 77.8 Å². The van der Waals surface area contributed by atoms with Gasteiger partial charge >= 0.3 is 6.16 Å². The number of amides is 1. The molecule has 0 aromatic heterocycles. The molecule has 20 atom stereocenters. The number of aliphatic hydroxyl groups is 1. The molecule has 2 aromatic carbocycles. The molecule has 2 aromatic rings. The Bertz CT molecular complexity index is 2890. The van der Waals surface area contributed by atoms with Crippen molar-refractivity contribution < 1.29 is 38.4 Å². The predicted molar refractivity (Wildman–Crippen MR) is 326 cm³/mol. The lowest BCUT2D eigenvalue weighted by Crippen LogP contribution is -2.53. The normalized spacial score (nSPS) is 42.6. The first-order valence-electron chi connectivity index (χ1n) is 33.1. The second-order valence-electron chi connectivity index (χ2n) is 29.3. The molecule has 4 saturated carbocycles. The van der Waals surface area contributed by atoms with Crippen LogP contribution in [0.5, 0.6) is 0 Å². The Balaban J connectivity index is 0.000000146. The van der Waals surface area contributed by atoms with Gasteiger partial charge in [0.2, 0.25) is 5.91 Å². The van der Waals surface area contributed by atoms with Gasteiger partial charge in [-0.25, -0.2) is 4.79 Å². The molecule has 0 unspecified atom stereocenters. The van der Waals surface area contributed by atoms with E-state index in [0.717, 1.165) is 106 Å². The van der Waals surface area contributed by atoms with Gasteiger partial charge in [0.05, 0.1) is 35.6 Å². The van der Waals surface area contributed by atoms with Gasteiger partial charge < -0.3 is 34.3 Å². The van der Waals surface area contributed by atoms with Gasteiger partial charge in [-0.1, -0.05) is 144 Å². The maximum absolute atomic E-state index is 12.7. The number of fused-ring (bicyclic) bond motifs is 12. The highest BCUT2D eigenvalue weighted by molar-refractivity contribution is 5.95. The van der Waals surface area contributed by atoms with Crippen LogP contribution in [0.25, 0.3) is 0 Å². The molecule has 450 valence electrons. The zero-order valence-corrected chi connectivity index (χ0v) is 52.1. The number of hydrogen-bond donors (Lipinski definition) is 2. The highest BCUT2D eigenvalue weighted by Gasteiger charge is 2.64. The molecule has 10 nitrogen and oxygen atoms in total. The molecule has 10 heteroatoms. The van der Waals surface area contributed by atoms with E-state index in [0.29, 0.717) is 59.5 Å². The monoisotopic (exact) mass is 1130 g/mol. The average Bonchev–Trinajstić information content (AvgIpc) is 4.36. The summed E-state index contributed by atoms with van der Waals surface area (Å²) in [4.78, 5) is 38.4. The predicted octanol–water partition coefficient (Wildman–Crippen LogP) is 14.9. The number of allylic oxidation sites excluding steroid dienone is 4. The van der Waals surface area contributed by atoms with Crippen LogP contribution in [0.15, 0.2) is 106 Å². The van der Waals surface area contributed by atoms with Gasteiger partial charge in [-0.3, -0.25) is 9.59 Å². The van der Waals surface area contributed by atoms with Gasteiger partial charge in [-0.15, -0.1) is 0 Å². The van der Waals surface area contributed by atoms with Crippen LogP contribution in [0.2, 0.25) is 0 Å². The molecule has 2 N–H and O–H groups in total. The van der Waals surface area contributed by atoms with Crippen LogP contribution < -0.4 is 5.32 Å². The Morgan fingerprint density at radius 1 is 0.699 bits per heavy atom. The third-order valence-corrected chi connectivity index (χ3v) is 25.1. The van der Waals surface area contributed by atoms with Crippen LogP contribution in [-0.4, -0.2) is 88.6 Å². The van der Waals surface area contributed by atoms with Gasteiger partial charge in [0.1, 0.15) is 12.7 Å². The molecular weight excluding hydrogens is 1030 g/mol. The molecule has 0 bridgehead atoms. The number of nitrogens with one attached hydrogen (secondary N) is 1. The van der Waals surface area contributed by atoms with Crippen LogP contribution in [0, 0.1) is 70.0 Å². The molecule has 4 aliphatic heterocycles. The smallest absolute Gasteiger partial charge is 0.431 e. The van der Waals surface area contributed by atoms with E-state index in [9.17, 15) is 19.5 Å². The van der Waals surface area contributed by atoms with Crippen molar-refractivity contribution >= 4 is 17.8 Å². The first-order chi connectivity index (χ1) is 39.8. The third-order valence-electron chi connectivity index (χ3n) is 25.1. The van der Waals surface area contributed by atoms with E-state index in [4.69, 9.17) is 18.9 Å². The van der Waals surface area contributed by atoms with Gasteiger partial charge in [-0.2, -0.15) is 0 Å².